The molecule has 1 N–H and O–H groups in total. The molecule has 19 heavy (non-hydrogen) atoms. The number of aliphatic hydroxyl groups is 1. The van der Waals surface area contributed by atoms with Gasteiger partial charge in [0.15, 0.2) is 0 Å². The zero-order chi connectivity index (χ0) is 14.0. The first-order valence-corrected chi connectivity index (χ1v) is 5.70. The number of hydrogen-bond donors (Lipinski definition) is 1. The van der Waals surface area contributed by atoms with Crippen molar-refractivity contribution in [3.8, 4) is 0 Å². The van der Waals surface area contributed by atoms with Gasteiger partial charge in [-0.3, -0.25) is 4.68 Å². The van der Waals surface area contributed by atoms with E-state index in [1.54, 1.807) is 19.2 Å². The van der Waals surface area contributed by atoms with Crippen LogP contribution in [0.25, 0.3) is 0 Å². The van der Waals surface area contributed by atoms with Gasteiger partial charge in [0, 0.05) is 19.7 Å². The second-order valence-electron chi connectivity index (χ2n) is 4.30. The number of halogens is 3. The maximum absolute atomic E-state index is 12.6. The first-order valence-electron chi connectivity index (χ1n) is 5.70. The van der Waals surface area contributed by atoms with Gasteiger partial charge in [-0.25, -0.2) is 0 Å². The van der Waals surface area contributed by atoms with E-state index in [9.17, 15) is 18.3 Å². The van der Waals surface area contributed by atoms with E-state index in [-0.39, 0.29) is 6.42 Å². The van der Waals surface area contributed by atoms with E-state index in [2.05, 4.69) is 5.10 Å². The monoisotopic (exact) mass is 270 g/mol. The van der Waals surface area contributed by atoms with E-state index < -0.39 is 17.8 Å². The highest BCUT2D eigenvalue weighted by Gasteiger charge is 2.30. The number of aryl methyl sites for hydroxylation is 1. The van der Waals surface area contributed by atoms with Crippen molar-refractivity contribution in [3.63, 3.8) is 0 Å². The van der Waals surface area contributed by atoms with Crippen molar-refractivity contribution >= 4 is 0 Å². The van der Waals surface area contributed by atoms with Crippen molar-refractivity contribution in [2.24, 2.45) is 7.05 Å². The third kappa shape index (κ3) is 3.14. The van der Waals surface area contributed by atoms with Gasteiger partial charge in [0.25, 0.3) is 0 Å². The Balaban J connectivity index is 2.18. The Kier molecular flexibility index (Phi) is 3.61. The molecule has 0 spiro atoms. The van der Waals surface area contributed by atoms with Crippen molar-refractivity contribution in [2.75, 3.05) is 0 Å². The fraction of sp³-hybridized carbons (Fsp3) is 0.308. The third-order valence-electron chi connectivity index (χ3n) is 2.88. The van der Waals surface area contributed by atoms with Crippen LogP contribution >= 0.6 is 0 Å². The summed E-state index contributed by atoms with van der Waals surface area (Å²) in [6.45, 7) is 0. The van der Waals surface area contributed by atoms with Crippen LogP contribution in [0, 0.1) is 0 Å². The van der Waals surface area contributed by atoms with Crippen LogP contribution in [0.15, 0.2) is 36.5 Å². The van der Waals surface area contributed by atoms with Crippen molar-refractivity contribution in [1.29, 1.82) is 0 Å². The molecule has 0 bridgehead atoms. The molecule has 1 unspecified atom stereocenters. The second kappa shape index (κ2) is 5.05. The van der Waals surface area contributed by atoms with Gasteiger partial charge in [-0.1, -0.05) is 18.2 Å². The molecule has 1 aromatic heterocycles. The Hall–Kier alpha value is -1.82. The van der Waals surface area contributed by atoms with Crippen molar-refractivity contribution < 1.29 is 18.3 Å². The van der Waals surface area contributed by atoms with Crippen LogP contribution in [-0.2, 0) is 19.6 Å². The highest BCUT2D eigenvalue weighted by atomic mass is 19.4. The smallest absolute Gasteiger partial charge is 0.386 e. The maximum Gasteiger partial charge on any atom is 0.416 e. The van der Waals surface area contributed by atoms with Crippen LogP contribution < -0.4 is 0 Å². The summed E-state index contributed by atoms with van der Waals surface area (Å²) in [5.41, 5.74) is 0.295. The number of benzene rings is 1. The van der Waals surface area contributed by atoms with E-state index in [0.29, 0.717) is 11.3 Å². The van der Waals surface area contributed by atoms with E-state index in [4.69, 9.17) is 0 Å². The molecule has 1 atom stereocenters. The second-order valence-corrected chi connectivity index (χ2v) is 4.30. The normalized spacial score (nSPS) is 13.5. The molecule has 0 aliphatic carbocycles. The molecule has 0 amide bonds. The average molecular weight is 270 g/mol. The number of hydrogen-bond acceptors (Lipinski definition) is 2. The Morgan fingerprint density at radius 2 is 2.05 bits per heavy atom. The van der Waals surface area contributed by atoms with Gasteiger partial charge in [-0.2, -0.15) is 18.3 Å². The van der Waals surface area contributed by atoms with Crippen LogP contribution in [-0.4, -0.2) is 14.9 Å². The summed E-state index contributed by atoms with van der Waals surface area (Å²) in [5.74, 6) is 0. The highest BCUT2D eigenvalue weighted by molar-refractivity contribution is 5.27. The molecule has 2 rings (SSSR count). The first kappa shape index (κ1) is 13.6. The molecular weight excluding hydrogens is 257 g/mol. The molecule has 6 heteroatoms. The van der Waals surface area contributed by atoms with Gasteiger partial charge in [-0.15, -0.1) is 0 Å². The van der Waals surface area contributed by atoms with Gasteiger partial charge in [0.2, 0.25) is 0 Å². The summed E-state index contributed by atoms with van der Waals surface area (Å²) in [7, 11) is 1.67. The molecule has 1 aromatic carbocycles. The highest BCUT2D eigenvalue weighted by Crippen LogP contribution is 2.30. The standard InChI is InChI=1S/C13H13F3N2O/c1-18-11(5-6-17-18)12(19)8-9-3-2-4-10(7-9)13(14,15)16/h2-7,12,19H,8H2,1H3. The number of rotatable bonds is 3. The number of nitrogens with zero attached hydrogens (tertiary/aromatic N) is 2. The van der Waals surface area contributed by atoms with Gasteiger partial charge in [0.1, 0.15) is 0 Å². The number of alkyl halides is 3. The minimum atomic E-state index is -4.37. The van der Waals surface area contributed by atoms with Gasteiger partial charge < -0.3 is 5.11 Å². The fourth-order valence-electron chi connectivity index (χ4n) is 1.91. The minimum Gasteiger partial charge on any atom is -0.386 e. The predicted octanol–water partition coefficient (Wildman–Crippen LogP) is 2.72. The lowest BCUT2D eigenvalue weighted by atomic mass is 10.0. The largest absolute Gasteiger partial charge is 0.416 e. The molecule has 0 fully saturated rings. The van der Waals surface area contributed by atoms with Crippen LogP contribution in [0.5, 0.6) is 0 Å². The Morgan fingerprint density at radius 1 is 1.32 bits per heavy atom. The van der Waals surface area contributed by atoms with E-state index >= 15 is 0 Å². The molecule has 0 aliphatic heterocycles. The lowest BCUT2D eigenvalue weighted by Gasteiger charge is -2.13. The zero-order valence-electron chi connectivity index (χ0n) is 10.2. The average Bonchev–Trinajstić information content (AvgIpc) is 2.75. The Bertz CT molecular complexity index is 563. The van der Waals surface area contributed by atoms with Crippen LogP contribution in [0.1, 0.15) is 22.9 Å². The first-order chi connectivity index (χ1) is 8.88. The lowest BCUT2D eigenvalue weighted by Crippen LogP contribution is -2.09. The Morgan fingerprint density at radius 3 is 2.63 bits per heavy atom. The summed E-state index contributed by atoms with van der Waals surface area (Å²) in [6, 6.07) is 6.61. The van der Waals surface area contributed by atoms with E-state index in [1.165, 1.54) is 16.9 Å². The quantitative estimate of drug-likeness (QED) is 0.931. The lowest BCUT2D eigenvalue weighted by molar-refractivity contribution is -0.137. The summed E-state index contributed by atoms with van der Waals surface area (Å²) < 4.78 is 39.2. The number of aromatic nitrogens is 2. The maximum atomic E-state index is 12.6. The molecule has 2 aromatic rings. The molecule has 0 saturated heterocycles. The van der Waals surface area contributed by atoms with Crippen LogP contribution in [0.4, 0.5) is 13.2 Å². The molecular formula is C13H13F3N2O. The van der Waals surface area contributed by atoms with Gasteiger partial charge in [-0.05, 0) is 17.7 Å². The van der Waals surface area contributed by atoms with E-state index in [1.807, 2.05) is 0 Å². The predicted molar refractivity (Wildman–Crippen MR) is 63.3 cm³/mol. The number of aliphatic hydroxyl groups excluding tert-OH is 1. The summed E-state index contributed by atoms with van der Waals surface area (Å²) in [4.78, 5) is 0. The Labute approximate surface area is 108 Å². The summed E-state index contributed by atoms with van der Waals surface area (Å²) >= 11 is 0. The molecule has 3 nitrogen and oxygen atoms in total. The summed E-state index contributed by atoms with van der Waals surface area (Å²) in [6.07, 6.45) is -3.60. The van der Waals surface area contributed by atoms with Crippen molar-refractivity contribution in [3.05, 3.63) is 53.3 Å². The minimum absolute atomic E-state index is 0.115. The van der Waals surface area contributed by atoms with E-state index in [0.717, 1.165) is 12.1 Å². The van der Waals surface area contributed by atoms with Crippen molar-refractivity contribution in [1.82, 2.24) is 9.78 Å². The zero-order valence-corrected chi connectivity index (χ0v) is 10.2. The fourth-order valence-corrected chi connectivity index (χ4v) is 1.91. The van der Waals surface area contributed by atoms with Crippen molar-refractivity contribution in [2.45, 2.75) is 18.7 Å². The van der Waals surface area contributed by atoms with Crippen LogP contribution in [0.3, 0.4) is 0 Å². The molecule has 0 saturated carbocycles. The molecule has 0 radical (unpaired) electrons. The van der Waals surface area contributed by atoms with Crippen LogP contribution in [0.2, 0.25) is 0 Å². The summed E-state index contributed by atoms with van der Waals surface area (Å²) in [5, 5.41) is 13.9. The molecule has 0 aliphatic rings. The molecule has 102 valence electrons. The SMILES string of the molecule is Cn1nccc1C(O)Cc1cccc(C(F)(F)F)c1. The van der Waals surface area contributed by atoms with Gasteiger partial charge in [0.05, 0.1) is 17.4 Å². The topological polar surface area (TPSA) is 38.0 Å². The molecule has 1 heterocycles. The third-order valence-corrected chi connectivity index (χ3v) is 2.88. The van der Waals surface area contributed by atoms with Gasteiger partial charge >= 0.3 is 6.18 Å².